The summed E-state index contributed by atoms with van der Waals surface area (Å²) in [5.41, 5.74) is 3.40. The Morgan fingerprint density at radius 3 is 2.23 bits per heavy atom. The minimum absolute atomic E-state index is 0.0717. The number of ether oxygens (including phenoxy) is 2. The van der Waals surface area contributed by atoms with Crippen LogP contribution in [0.3, 0.4) is 0 Å². The second-order valence-electron chi connectivity index (χ2n) is 9.08. The van der Waals surface area contributed by atoms with Crippen LogP contribution in [0.4, 0.5) is 4.79 Å². The van der Waals surface area contributed by atoms with Gasteiger partial charge in [-0.05, 0) is 35.1 Å². The second kappa shape index (κ2) is 10.5. The van der Waals surface area contributed by atoms with Crippen molar-refractivity contribution in [1.82, 2.24) is 10.2 Å². The Morgan fingerprint density at radius 1 is 1.06 bits per heavy atom. The van der Waals surface area contributed by atoms with Gasteiger partial charge in [0.15, 0.2) is 0 Å². The predicted octanol–water partition coefficient (Wildman–Crippen LogP) is 3.79. The number of carboxylic acids is 1. The summed E-state index contributed by atoms with van der Waals surface area (Å²) in [7, 11) is 0. The predicted molar refractivity (Wildman–Crippen MR) is 130 cm³/mol. The Kier molecular flexibility index (Phi) is 7.40. The van der Waals surface area contributed by atoms with Crippen molar-refractivity contribution in [3.8, 4) is 11.1 Å². The number of rotatable bonds is 8. The van der Waals surface area contributed by atoms with Gasteiger partial charge in [-0.2, -0.15) is 0 Å². The van der Waals surface area contributed by atoms with E-state index in [0.29, 0.717) is 19.4 Å². The number of nitrogens with zero attached hydrogens (tertiary/aromatic N) is 1. The molecule has 0 radical (unpaired) electrons. The fourth-order valence-electron chi connectivity index (χ4n) is 5.14. The van der Waals surface area contributed by atoms with Crippen molar-refractivity contribution >= 4 is 18.0 Å². The minimum atomic E-state index is -1.13. The van der Waals surface area contributed by atoms with Crippen LogP contribution in [0.2, 0.25) is 0 Å². The van der Waals surface area contributed by atoms with Crippen molar-refractivity contribution in [2.75, 3.05) is 26.3 Å². The number of nitrogens with one attached hydrogen (secondary N) is 1. The van der Waals surface area contributed by atoms with Gasteiger partial charge in [0.05, 0.1) is 19.1 Å². The normalized spacial score (nSPS) is 17.4. The fraction of sp³-hybridized carbons (Fsp3) is 0.444. The summed E-state index contributed by atoms with van der Waals surface area (Å²) < 4.78 is 11.2. The molecule has 8 nitrogen and oxygen atoms in total. The van der Waals surface area contributed by atoms with Gasteiger partial charge in [0.2, 0.25) is 5.91 Å². The maximum Gasteiger partial charge on any atom is 0.408 e. The molecular formula is C27H32N2O6. The van der Waals surface area contributed by atoms with Gasteiger partial charge in [-0.25, -0.2) is 4.79 Å². The number of amides is 2. The van der Waals surface area contributed by atoms with Crippen LogP contribution >= 0.6 is 0 Å². The van der Waals surface area contributed by atoms with Gasteiger partial charge in [-0.15, -0.1) is 0 Å². The molecule has 0 spiro atoms. The van der Waals surface area contributed by atoms with E-state index < -0.39 is 23.7 Å². The summed E-state index contributed by atoms with van der Waals surface area (Å²) in [6.45, 7) is 4.65. The van der Waals surface area contributed by atoms with Crippen molar-refractivity contribution in [1.29, 1.82) is 0 Å². The SMILES string of the molecule is CCC(CC)(NC(=O)OCC1c2ccccc2-c2ccccc21)C(=O)N1CCOC(CC(=O)O)C1. The highest BCUT2D eigenvalue weighted by Crippen LogP contribution is 2.44. The summed E-state index contributed by atoms with van der Waals surface area (Å²) in [6, 6.07) is 16.2. The molecule has 186 valence electrons. The molecule has 1 aliphatic heterocycles. The molecule has 8 heteroatoms. The summed E-state index contributed by atoms with van der Waals surface area (Å²) in [5.74, 6) is -1.29. The third kappa shape index (κ3) is 5.03. The molecule has 0 saturated carbocycles. The number of aliphatic carboxylic acids is 1. The minimum Gasteiger partial charge on any atom is -0.481 e. The maximum absolute atomic E-state index is 13.5. The van der Waals surface area contributed by atoms with Crippen molar-refractivity contribution in [2.24, 2.45) is 0 Å². The molecule has 2 aromatic rings. The molecule has 2 amide bonds. The van der Waals surface area contributed by atoms with Crippen molar-refractivity contribution in [2.45, 2.75) is 50.7 Å². The van der Waals surface area contributed by atoms with E-state index in [9.17, 15) is 14.4 Å². The average Bonchev–Trinajstić information content (AvgIpc) is 3.19. The number of alkyl carbamates (subject to hydrolysis) is 1. The molecule has 1 heterocycles. The molecule has 4 rings (SSSR count). The van der Waals surface area contributed by atoms with Gasteiger partial charge in [0, 0.05) is 19.0 Å². The standard InChI is InChI=1S/C27H32N2O6/c1-3-27(4-2,25(32)29-13-14-34-18(16-29)15-24(30)31)28-26(33)35-17-23-21-11-7-5-9-19(21)20-10-6-8-12-22(20)23/h5-12,18,23H,3-4,13-17H2,1-2H3,(H,28,33)(H,30,31). The van der Waals surface area contributed by atoms with E-state index in [-0.39, 0.29) is 38.0 Å². The molecule has 0 aromatic heterocycles. The van der Waals surface area contributed by atoms with Crippen LogP contribution in [0.15, 0.2) is 48.5 Å². The van der Waals surface area contributed by atoms with Gasteiger partial charge in [0.1, 0.15) is 12.1 Å². The highest BCUT2D eigenvalue weighted by molar-refractivity contribution is 5.90. The van der Waals surface area contributed by atoms with Gasteiger partial charge >= 0.3 is 12.1 Å². The molecule has 1 atom stereocenters. The Hall–Kier alpha value is -3.39. The highest BCUT2D eigenvalue weighted by atomic mass is 16.5. The summed E-state index contributed by atoms with van der Waals surface area (Å²) in [5, 5.41) is 11.9. The Labute approximate surface area is 205 Å². The van der Waals surface area contributed by atoms with Gasteiger partial charge in [0.25, 0.3) is 0 Å². The van der Waals surface area contributed by atoms with E-state index in [0.717, 1.165) is 22.3 Å². The van der Waals surface area contributed by atoms with Crippen molar-refractivity contribution < 1.29 is 29.0 Å². The van der Waals surface area contributed by atoms with E-state index in [1.54, 1.807) is 4.90 Å². The van der Waals surface area contributed by atoms with Gasteiger partial charge in [-0.1, -0.05) is 62.4 Å². The zero-order chi connectivity index (χ0) is 25.0. The van der Waals surface area contributed by atoms with Crippen molar-refractivity contribution in [3.05, 3.63) is 59.7 Å². The third-order valence-corrected chi connectivity index (χ3v) is 7.13. The Balaban J connectivity index is 1.44. The van der Waals surface area contributed by atoms with Crippen LogP contribution in [0.1, 0.15) is 50.2 Å². The second-order valence-corrected chi connectivity index (χ2v) is 9.08. The summed E-state index contributed by atoms with van der Waals surface area (Å²) >= 11 is 0. The molecule has 2 N–H and O–H groups in total. The Morgan fingerprint density at radius 2 is 1.66 bits per heavy atom. The van der Waals surface area contributed by atoms with Crippen LogP contribution in [-0.2, 0) is 19.1 Å². The van der Waals surface area contributed by atoms with Crippen LogP contribution in [0, 0.1) is 0 Å². The van der Waals surface area contributed by atoms with Crippen LogP contribution in [0.25, 0.3) is 11.1 Å². The first kappa shape index (κ1) is 24.7. The van der Waals surface area contributed by atoms with Crippen LogP contribution in [0.5, 0.6) is 0 Å². The van der Waals surface area contributed by atoms with Gasteiger partial charge in [-0.3, -0.25) is 9.59 Å². The molecule has 35 heavy (non-hydrogen) atoms. The first-order valence-corrected chi connectivity index (χ1v) is 12.1. The molecule has 0 bridgehead atoms. The van der Waals surface area contributed by atoms with E-state index in [4.69, 9.17) is 14.6 Å². The van der Waals surface area contributed by atoms with Crippen LogP contribution < -0.4 is 5.32 Å². The molecule has 1 fully saturated rings. The first-order valence-electron chi connectivity index (χ1n) is 12.1. The van der Waals surface area contributed by atoms with Gasteiger partial charge < -0.3 is 24.8 Å². The molecule has 1 unspecified atom stereocenters. The first-order chi connectivity index (χ1) is 16.9. The number of morpholine rings is 1. The Bertz CT molecular complexity index is 1050. The lowest BCUT2D eigenvalue weighted by Crippen LogP contribution is -2.61. The van der Waals surface area contributed by atoms with Crippen LogP contribution in [-0.4, -0.2) is 65.9 Å². The number of hydrogen-bond acceptors (Lipinski definition) is 5. The monoisotopic (exact) mass is 480 g/mol. The average molecular weight is 481 g/mol. The highest BCUT2D eigenvalue weighted by Gasteiger charge is 2.42. The summed E-state index contributed by atoms with van der Waals surface area (Å²) in [4.78, 5) is 39.1. The fourth-order valence-corrected chi connectivity index (χ4v) is 5.14. The summed E-state index contributed by atoms with van der Waals surface area (Å²) in [6.07, 6.45) is -0.610. The lowest BCUT2D eigenvalue weighted by Gasteiger charge is -2.40. The largest absolute Gasteiger partial charge is 0.481 e. The third-order valence-electron chi connectivity index (χ3n) is 7.13. The quantitative estimate of drug-likeness (QED) is 0.596. The number of benzene rings is 2. The zero-order valence-corrected chi connectivity index (χ0v) is 20.2. The number of carbonyl (C=O) groups excluding carboxylic acids is 2. The number of carboxylic acid groups (broad SMARTS) is 1. The smallest absolute Gasteiger partial charge is 0.408 e. The molecule has 2 aliphatic rings. The zero-order valence-electron chi connectivity index (χ0n) is 20.2. The number of carbonyl (C=O) groups is 3. The lowest BCUT2D eigenvalue weighted by molar-refractivity contribution is -0.151. The number of hydrogen-bond donors (Lipinski definition) is 2. The molecule has 1 saturated heterocycles. The molecular weight excluding hydrogens is 448 g/mol. The topological polar surface area (TPSA) is 105 Å². The maximum atomic E-state index is 13.5. The number of fused-ring (bicyclic) bond motifs is 3. The molecule has 1 aliphatic carbocycles. The van der Waals surface area contributed by atoms with E-state index in [2.05, 4.69) is 29.6 Å². The van der Waals surface area contributed by atoms with E-state index in [1.165, 1.54) is 0 Å². The van der Waals surface area contributed by atoms with E-state index in [1.807, 2.05) is 38.1 Å². The van der Waals surface area contributed by atoms with E-state index >= 15 is 0 Å². The molecule has 2 aromatic carbocycles. The van der Waals surface area contributed by atoms with Crippen molar-refractivity contribution in [3.63, 3.8) is 0 Å². The lowest BCUT2D eigenvalue weighted by atomic mass is 9.90.